The Morgan fingerprint density at radius 1 is 1.42 bits per heavy atom. The molecule has 12 heavy (non-hydrogen) atoms. The molecule has 1 rings (SSSR count). The normalized spacial score (nSPS) is 36.8. The monoisotopic (exact) mass is 187 g/mol. The highest BCUT2D eigenvalue weighted by molar-refractivity contribution is 8.00. The fourth-order valence-corrected chi connectivity index (χ4v) is 3.26. The summed E-state index contributed by atoms with van der Waals surface area (Å²) in [5.41, 5.74) is 5.85. The molecule has 0 radical (unpaired) electrons. The highest BCUT2D eigenvalue weighted by atomic mass is 32.2. The lowest BCUT2D eigenvalue weighted by molar-refractivity contribution is 0.323. The van der Waals surface area contributed by atoms with Crippen LogP contribution in [-0.2, 0) is 0 Å². The fourth-order valence-electron chi connectivity index (χ4n) is 2.00. The summed E-state index contributed by atoms with van der Waals surface area (Å²) in [5, 5.41) is 0. The SMILES string of the molecule is CCSC1(CN)CCC(C)CC1. The van der Waals surface area contributed by atoms with Gasteiger partial charge in [0.2, 0.25) is 0 Å². The second-order valence-corrected chi connectivity index (χ2v) is 5.73. The number of rotatable bonds is 3. The summed E-state index contributed by atoms with van der Waals surface area (Å²) in [6.45, 7) is 5.47. The molecule has 1 saturated carbocycles. The van der Waals surface area contributed by atoms with Gasteiger partial charge in [-0.1, -0.05) is 13.8 Å². The highest BCUT2D eigenvalue weighted by Gasteiger charge is 2.32. The van der Waals surface area contributed by atoms with Crippen molar-refractivity contribution in [2.75, 3.05) is 12.3 Å². The Kier molecular flexibility index (Phi) is 3.91. The van der Waals surface area contributed by atoms with Crippen LogP contribution in [0.3, 0.4) is 0 Å². The Morgan fingerprint density at radius 3 is 2.42 bits per heavy atom. The van der Waals surface area contributed by atoms with Crippen molar-refractivity contribution in [3.05, 3.63) is 0 Å². The van der Waals surface area contributed by atoms with E-state index in [1.165, 1.54) is 31.4 Å². The standard InChI is InChI=1S/C10H21NS/c1-3-12-10(8-11)6-4-9(2)5-7-10/h9H,3-8,11H2,1-2H3. The van der Waals surface area contributed by atoms with E-state index < -0.39 is 0 Å². The molecular formula is C10H21NS. The minimum atomic E-state index is 0.446. The number of hydrogen-bond acceptors (Lipinski definition) is 2. The van der Waals surface area contributed by atoms with Crippen molar-refractivity contribution >= 4 is 11.8 Å². The van der Waals surface area contributed by atoms with Crippen LogP contribution < -0.4 is 5.73 Å². The lowest BCUT2D eigenvalue weighted by Gasteiger charge is -2.37. The van der Waals surface area contributed by atoms with E-state index in [0.717, 1.165) is 12.5 Å². The van der Waals surface area contributed by atoms with Crippen molar-refractivity contribution in [3.8, 4) is 0 Å². The first-order valence-electron chi connectivity index (χ1n) is 5.06. The first-order chi connectivity index (χ1) is 5.72. The Bertz CT molecular complexity index is 128. The molecule has 72 valence electrons. The van der Waals surface area contributed by atoms with Gasteiger partial charge in [-0.2, -0.15) is 11.8 Å². The molecule has 0 atom stereocenters. The molecule has 1 fully saturated rings. The Labute approximate surface area is 80.5 Å². The van der Waals surface area contributed by atoms with Gasteiger partial charge in [0.15, 0.2) is 0 Å². The maximum atomic E-state index is 5.85. The second kappa shape index (κ2) is 4.52. The zero-order chi connectivity index (χ0) is 9.03. The van der Waals surface area contributed by atoms with Crippen LogP contribution >= 0.6 is 11.8 Å². The van der Waals surface area contributed by atoms with Gasteiger partial charge in [-0.3, -0.25) is 0 Å². The van der Waals surface area contributed by atoms with E-state index in [9.17, 15) is 0 Å². The molecule has 1 aliphatic carbocycles. The van der Waals surface area contributed by atoms with Gasteiger partial charge in [-0.05, 0) is 37.4 Å². The van der Waals surface area contributed by atoms with Crippen LogP contribution in [0.5, 0.6) is 0 Å². The summed E-state index contributed by atoms with van der Waals surface area (Å²) < 4.78 is 0.446. The lowest BCUT2D eigenvalue weighted by Crippen LogP contribution is -2.38. The van der Waals surface area contributed by atoms with E-state index in [1.54, 1.807) is 0 Å². The minimum absolute atomic E-state index is 0.446. The third kappa shape index (κ3) is 2.40. The number of hydrogen-bond donors (Lipinski definition) is 1. The van der Waals surface area contributed by atoms with Crippen LogP contribution in [0.15, 0.2) is 0 Å². The topological polar surface area (TPSA) is 26.0 Å². The summed E-state index contributed by atoms with van der Waals surface area (Å²) in [6, 6.07) is 0. The molecule has 0 unspecified atom stereocenters. The molecule has 0 aromatic heterocycles. The van der Waals surface area contributed by atoms with Crippen LogP contribution in [0.2, 0.25) is 0 Å². The van der Waals surface area contributed by atoms with Gasteiger partial charge in [0.25, 0.3) is 0 Å². The molecule has 0 amide bonds. The highest BCUT2D eigenvalue weighted by Crippen LogP contribution is 2.40. The molecule has 0 aromatic rings. The molecule has 0 heterocycles. The van der Waals surface area contributed by atoms with Crippen LogP contribution in [-0.4, -0.2) is 17.0 Å². The van der Waals surface area contributed by atoms with Crippen molar-refractivity contribution in [2.24, 2.45) is 11.7 Å². The van der Waals surface area contributed by atoms with Crippen LogP contribution in [0.1, 0.15) is 39.5 Å². The van der Waals surface area contributed by atoms with E-state index in [4.69, 9.17) is 5.73 Å². The molecule has 2 heteroatoms. The molecule has 1 aliphatic rings. The summed E-state index contributed by atoms with van der Waals surface area (Å²) in [5.74, 6) is 2.15. The minimum Gasteiger partial charge on any atom is -0.329 e. The summed E-state index contributed by atoms with van der Waals surface area (Å²) in [7, 11) is 0. The smallest absolute Gasteiger partial charge is 0.0282 e. The zero-order valence-electron chi connectivity index (χ0n) is 8.31. The van der Waals surface area contributed by atoms with Gasteiger partial charge in [-0.15, -0.1) is 0 Å². The third-order valence-corrected chi connectivity index (χ3v) is 4.48. The first kappa shape index (κ1) is 10.4. The maximum Gasteiger partial charge on any atom is 0.0282 e. The van der Waals surface area contributed by atoms with Crippen LogP contribution in [0.4, 0.5) is 0 Å². The largest absolute Gasteiger partial charge is 0.329 e. The quantitative estimate of drug-likeness (QED) is 0.735. The van der Waals surface area contributed by atoms with Crippen molar-refractivity contribution in [3.63, 3.8) is 0 Å². The van der Waals surface area contributed by atoms with E-state index in [1.807, 2.05) is 0 Å². The predicted octanol–water partition coefficient (Wildman–Crippen LogP) is 2.65. The molecule has 0 saturated heterocycles. The average Bonchev–Trinajstić information content (AvgIpc) is 2.10. The van der Waals surface area contributed by atoms with Crippen LogP contribution in [0.25, 0.3) is 0 Å². The third-order valence-electron chi connectivity index (χ3n) is 3.01. The van der Waals surface area contributed by atoms with Gasteiger partial charge in [0.05, 0.1) is 0 Å². The van der Waals surface area contributed by atoms with E-state index in [-0.39, 0.29) is 0 Å². The first-order valence-corrected chi connectivity index (χ1v) is 6.05. The van der Waals surface area contributed by atoms with Gasteiger partial charge < -0.3 is 5.73 Å². The van der Waals surface area contributed by atoms with Crippen LogP contribution in [0, 0.1) is 5.92 Å². The molecule has 0 aromatic carbocycles. The summed E-state index contributed by atoms with van der Waals surface area (Å²) in [4.78, 5) is 0. The summed E-state index contributed by atoms with van der Waals surface area (Å²) >= 11 is 2.08. The van der Waals surface area contributed by atoms with Crippen molar-refractivity contribution in [1.82, 2.24) is 0 Å². The molecule has 0 aliphatic heterocycles. The van der Waals surface area contributed by atoms with Crippen molar-refractivity contribution in [1.29, 1.82) is 0 Å². The average molecular weight is 187 g/mol. The van der Waals surface area contributed by atoms with Gasteiger partial charge >= 0.3 is 0 Å². The van der Waals surface area contributed by atoms with E-state index in [2.05, 4.69) is 25.6 Å². The summed E-state index contributed by atoms with van der Waals surface area (Å²) in [6.07, 6.45) is 5.43. The molecular weight excluding hydrogens is 166 g/mol. The Hall–Kier alpha value is 0.310. The molecule has 0 spiro atoms. The Morgan fingerprint density at radius 2 is 2.00 bits per heavy atom. The molecule has 1 nitrogen and oxygen atoms in total. The fraction of sp³-hybridized carbons (Fsp3) is 1.00. The van der Waals surface area contributed by atoms with Crippen molar-refractivity contribution < 1.29 is 0 Å². The predicted molar refractivity (Wildman–Crippen MR) is 57.5 cm³/mol. The maximum absolute atomic E-state index is 5.85. The number of nitrogens with two attached hydrogens (primary N) is 1. The van der Waals surface area contributed by atoms with Gasteiger partial charge in [0, 0.05) is 11.3 Å². The molecule has 2 N–H and O–H groups in total. The number of thioether (sulfide) groups is 1. The van der Waals surface area contributed by atoms with E-state index in [0.29, 0.717) is 4.75 Å². The Balaban J connectivity index is 2.45. The zero-order valence-corrected chi connectivity index (χ0v) is 9.12. The second-order valence-electron chi connectivity index (χ2n) is 4.00. The van der Waals surface area contributed by atoms with E-state index >= 15 is 0 Å². The van der Waals surface area contributed by atoms with Gasteiger partial charge in [0.1, 0.15) is 0 Å². The molecule has 0 bridgehead atoms. The lowest BCUT2D eigenvalue weighted by atomic mass is 9.82. The van der Waals surface area contributed by atoms with Gasteiger partial charge in [-0.25, -0.2) is 0 Å². The van der Waals surface area contributed by atoms with Crippen molar-refractivity contribution in [2.45, 2.75) is 44.3 Å².